The van der Waals surface area contributed by atoms with Crippen LogP contribution in [0.4, 0.5) is 0 Å². The molecule has 0 radical (unpaired) electrons. The molecule has 150 valence electrons. The van der Waals surface area contributed by atoms with E-state index in [0.717, 1.165) is 5.56 Å². The van der Waals surface area contributed by atoms with Crippen molar-refractivity contribution in [3.05, 3.63) is 82.9 Å². The van der Waals surface area contributed by atoms with Gasteiger partial charge in [-0.25, -0.2) is 4.79 Å². The summed E-state index contributed by atoms with van der Waals surface area (Å²) in [6.45, 7) is 4.12. The van der Waals surface area contributed by atoms with Crippen LogP contribution in [0.25, 0.3) is 0 Å². The molecule has 5 heteroatoms. The Balaban J connectivity index is 0.00000106. The number of phenols is 1. The number of terminal acetylenes is 1. The Morgan fingerprint density at radius 3 is 2.47 bits per heavy atom. The van der Waals surface area contributed by atoms with Gasteiger partial charge in [-0.05, 0) is 30.3 Å². The van der Waals surface area contributed by atoms with Gasteiger partial charge in [0.15, 0.2) is 5.60 Å². The topological polar surface area (TPSA) is 65.0 Å². The lowest BCUT2D eigenvalue weighted by atomic mass is 9.77. The largest absolute Gasteiger partial charge is 0.508 e. The highest BCUT2D eigenvalue weighted by molar-refractivity contribution is 5.97. The number of benzene rings is 3. The molecule has 5 nitrogen and oxygen atoms in total. The second-order valence-electron chi connectivity index (χ2n) is 6.55. The number of rotatable bonds is 2. The maximum atomic E-state index is 12.7. The van der Waals surface area contributed by atoms with E-state index in [4.69, 9.17) is 20.6 Å². The zero-order valence-electron chi connectivity index (χ0n) is 16.6. The summed E-state index contributed by atoms with van der Waals surface area (Å²) in [5.41, 5.74) is 1.40. The molecule has 0 bridgehead atoms. The minimum atomic E-state index is -1.16. The van der Waals surface area contributed by atoms with Gasteiger partial charge in [0.05, 0.1) is 5.56 Å². The van der Waals surface area contributed by atoms with Crippen LogP contribution in [0.15, 0.2) is 60.7 Å². The van der Waals surface area contributed by atoms with Gasteiger partial charge in [0.25, 0.3) is 0 Å². The monoisotopic (exact) mass is 400 g/mol. The Morgan fingerprint density at radius 1 is 1.00 bits per heavy atom. The number of hydrogen-bond acceptors (Lipinski definition) is 5. The lowest BCUT2D eigenvalue weighted by Crippen LogP contribution is -2.32. The summed E-state index contributed by atoms with van der Waals surface area (Å²) in [6.07, 6.45) is 5.27. The van der Waals surface area contributed by atoms with Crippen molar-refractivity contribution < 1.29 is 24.1 Å². The third kappa shape index (κ3) is 2.77. The molecule has 0 saturated heterocycles. The number of ether oxygens (including phenoxy) is 3. The predicted molar refractivity (Wildman–Crippen MR) is 112 cm³/mol. The minimum absolute atomic E-state index is 0.0506. The SMILES string of the molecule is C#CCOc1ccc2c(c1)Oc1cc(O)ccc1C21OC(=O)c2ccccc21.CC. The quantitative estimate of drug-likeness (QED) is 0.485. The smallest absolute Gasteiger partial charge is 0.340 e. The van der Waals surface area contributed by atoms with Crippen molar-refractivity contribution in [3.63, 3.8) is 0 Å². The first-order valence-electron chi connectivity index (χ1n) is 9.68. The Morgan fingerprint density at radius 2 is 1.70 bits per heavy atom. The number of carbonyl (C=O) groups excluding carboxylic acids is 1. The molecule has 1 atom stereocenters. The molecule has 2 heterocycles. The molecule has 3 aromatic carbocycles. The van der Waals surface area contributed by atoms with Crippen LogP contribution in [0.2, 0.25) is 0 Å². The molecule has 1 unspecified atom stereocenters. The van der Waals surface area contributed by atoms with Gasteiger partial charge in [0.1, 0.15) is 29.6 Å². The Labute approximate surface area is 174 Å². The fourth-order valence-corrected chi connectivity index (χ4v) is 3.86. The van der Waals surface area contributed by atoms with E-state index in [9.17, 15) is 9.90 Å². The van der Waals surface area contributed by atoms with Gasteiger partial charge in [-0.1, -0.05) is 38.0 Å². The Kier molecular flexibility index (Phi) is 4.85. The zero-order chi connectivity index (χ0) is 21.3. The van der Waals surface area contributed by atoms with Gasteiger partial charge in [-0.2, -0.15) is 0 Å². The Bertz CT molecular complexity index is 1170. The van der Waals surface area contributed by atoms with E-state index >= 15 is 0 Å². The lowest BCUT2D eigenvalue weighted by molar-refractivity contribution is 0.0224. The molecule has 1 spiro atoms. The number of aromatic hydroxyl groups is 1. The van der Waals surface area contributed by atoms with E-state index in [1.54, 1.807) is 36.4 Å². The molecule has 0 saturated carbocycles. The van der Waals surface area contributed by atoms with Crippen LogP contribution < -0.4 is 9.47 Å². The molecule has 2 aliphatic heterocycles. The molecular formula is C25H20O5. The summed E-state index contributed by atoms with van der Waals surface area (Å²) in [5, 5.41) is 9.95. The zero-order valence-corrected chi connectivity index (χ0v) is 16.6. The molecule has 30 heavy (non-hydrogen) atoms. The average molecular weight is 400 g/mol. The van der Waals surface area contributed by atoms with Gasteiger partial charge in [-0.3, -0.25) is 0 Å². The second-order valence-corrected chi connectivity index (χ2v) is 6.55. The number of esters is 1. The molecule has 0 fully saturated rings. The van der Waals surface area contributed by atoms with Crippen molar-refractivity contribution in [1.29, 1.82) is 0 Å². The van der Waals surface area contributed by atoms with Gasteiger partial charge >= 0.3 is 5.97 Å². The van der Waals surface area contributed by atoms with Crippen LogP contribution in [0.1, 0.15) is 40.9 Å². The van der Waals surface area contributed by atoms with E-state index < -0.39 is 11.6 Å². The molecule has 0 aromatic heterocycles. The Hall–Kier alpha value is -3.91. The fraction of sp³-hybridized carbons (Fsp3) is 0.160. The summed E-state index contributed by atoms with van der Waals surface area (Å²) < 4.78 is 17.5. The van der Waals surface area contributed by atoms with Crippen molar-refractivity contribution in [2.75, 3.05) is 6.61 Å². The summed E-state index contributed by atoms with van der Waals surface area (Å²) in [4.78, 5) is 12.7. The third-order valence-corrected chi connectivity index (χ3v) is 4.99. The van der Waals surface area contributed by atoms with E-state index in [1.165, 1.54) is 6.07 Å². The van der Waals surface area contributed by atoms with E-state index in [-0.39, 0.29) is 12.4 Å². The first-order chi connectivity index (χ1) is 14.6. The van der Waals surface area contributed by atoms with Crippen molar-refractivity contribution in [1.82, 2.24) is 0 Å². The fourth-order valence-electron chi connectivity index (χ4n) is 3.86. The van der Waals surface area contributed by atoms with Crippen LogP contribution >= 0.6 is 0 Å². The molecule has 2 aliphatic rings. The van der Waals surface area contributed by atoms with E-state index in [1.807, 2.05) is 32.0 Å². The maximum Gasteiger partial charge on any atom is 0.340 e. The summed E-state index contributed by atoms with van der Waals surface area (Å²) in [5.74, 6) is 3.48. The highest BCUT2D eigenvalue weighted by atomic mass is 16.6. The standard InChI is InChI=1S/C23H14O5.C2H6/c1-2-11-26-15-8-10-19-21(13-15)27-20-12-14(24)7-9-18(20)23(19)17-6-4-3-5-16(17)22(25)28-23;1-2/h1,3-10,12-13,24H,11H2;1-2H3. The molecule has 0 amide bonds. The molecule has 5 rings (SSSR count). The normalized spacial score (nSPS) is 17.3. The molecule has 0 aliphatic carbocycles. The van der Waals surface area contributed by atoms with Gasteiger partial charge < -0.3 is 19.3 Å². The summed E-state index contributed by atoms with van der Waals surface area (Å²) in [6, 6.07) is 17.3. The predicted octanol–water partition coefficient (Wildman–Crippen LogP) is 5.00. The highest BCUT2D eigenvalue weighted by Crippen LogP contribution is 2.56. The highest BCUT2D eigenvalue weighted by Gasteiger charge is 2.53. The molecule has 1 N–H and O–H groups in total. The molecular weight excluding hydrogens is 380 g/mol. The number of hydrogen-bond donors (Lipinski definition) is 1. The number of fused-ring (bicyclic) bond motifs is 6. The van der Waals surface area contributed by atoms with Crippen molar-refractivity contribution >= 4 is 5.97 Å². The molecule has 3 aromatic rings. The van der Waals surface area contributed by atoms with Crippen molar-refractivity contribution in [3.8, 4) is 35.3 Å². The lowest BCUT2D eigenvalue weighted by Gasteiger charge is -2.36. The first kappa shape index (κ1) is 19.4. The van der Waals surface area contributed by atoms with Crippen LogP contribution in [0.3, 0.4) is 0 Å². The van der Waals surface area contributed by atoms with Gasteiger partial charge in [0.2, 0.25) is 0 Å². The van der Waals surface area contributed by atoms with Gasteiger partial charge in [0, 0.05) is 28.8 Å². The first-order valence-corrected chi connectivity index (χ1v) is 9.68. The van der Waals surface area contributed by atoms with Crippen LogP contribution in [-0.2, 0) is 10.3 Å². The average Bonchev–Trinajstić information content (AvgIpc) is 3.06. The number of carbonyl (C=O) groups is 1. The van der Waals surface area contributed by atoms with Crippen molar-refractivity contribution in [2.24, 2.45) is 0 Å². The maximum absolute atomic E-state index is 12.7. The van der Waals surface area contributed by atoms with E-state index in [0.29, 0.717) is 33.9 Å². The van der Waals surface area contributed by atoms with Crippen LogP contribution in [-0.4, -0.2) is 17.7 Å². The number of phenolic OH excluding ortho intramolecular Hbond substituents is 1. The second kappa shape index (κ2) is 7.49. The van der Waals surface area contributed by atoms with Crippen LogP contribution in [0.5, 0.6) is 23.0 Å². The van der Waals surface area contributed by atoms with Crippen molar-refractivity contribution in [2.45, 2.75) is 19.4 Å². The summed E-state index contributed by atoms with van der Waals surface area (Å²) >= 11 is 0. The van der Waals surface area contributed by atoms with E-state index in [2.05, 4.69) is 5.92 Å². The van der Waals surface area contributed by atoms with Crippen LogP contribution in [0, 0.1) is 12.3 Å². The summed E-state index contributed by atoms with van der Waals surface area (Å²) in [7, 11) is 0. The minimum Gasteiger partial charge on any atom is -0.508 e. The third-order valence-electron chi connectivity index (χ3n) is 4.99. The van der Waals surface area contributed by atoms with Gasteiger partial charge in [-0.15, -0.1) is 6.42 Å².